The number of aromatic nitrogens is 2. The van der Waals surface area contributed by atoms with E-state index < -0.39 is 23.6 Å². The Labute approximate surface area is 263 Å². The fraction of sp³-hybridized carbons (Fsp3) is 0.235. The topological polar surface area (TPSA) is 96.9 Å². The number of nitrogens with one attached hydrogen (secondary N) is 1. The van der Waals surface area contributed by atoms with Crippen LogP contribution in [-0.4, -0.2) is 66.8 Å². The SMILES string of the molecule is CCOc1cccc(C#Cc2cc(C(=O)N3CCN(c4ccc(C(=O)Nc5ccc(OC)cc5)nn4)CC3)cc(C(F)(F)F)c2)c1. The third-order valence-electron chi connectivity index (χ3n) is 7.13. The highest BCUT2D eigenvalue weighted by Gasteiger charge is 2.33. The molecule has 12 heteroatoms. The van der Waals surface area contributed by atoms with Crippen LogP contribution < -0.4 is 19.7 Å². The molecule has 1 fully saturated rings. The number of benzene rings is 3. The highest BCUT2D eigenvalue weighted by molar-refractivity contribution is 6.02. The number of methoxy groups -OCH3 is 1. The summed E-state index contributed by atoms with van der Waals surface area (Å²) in [5.74, 6) is 6.45. The van der Waals surface area contributed by atoms with Crippen molar-refractivity contribution in [2.45, 2.75) is 13.1 Å². The summed E-state index contributed by atoms with van der Waals surface area (Å²) in [6.07, 6.45) is -4.66. The molecule has 1 aromatic heterocycles. The first-order chi connectivity index (χ1) is 22.1. The van der Waals surface area contributed by atoms with Gasteiger partial charge in [-0.25, -0.2) is 0 Å². The minimum absolute atomic E-state index is 0.0741. The van der Waals surface area contributed by atoms with E-state index >= 15 is 0 Å². The lowest BCUT2D eigenvalue weighted by Crippen LogP contribution is -2.49. The Morgan fingerprint density at radius 2 is 1.61 bits per heavy atom. The van der Waals surface area contributed by atoms with Gasteiger partial charge in [0.2, 0.25) is 0 Å². The average Bonchev–Trinajstić information content (AvgIpc) is 3.07. The van der Waals surface area contributed by atoms with Gasteiger partial charge in [-0.15, -0.1) is 10.2 Å². The van der Waals surface area contributed by atoms with E-state index in [1.807, 2.05) is 11.8 Å². The lowest BCUT2D eigenvalue weighted by atomic mass is 10.0. The lowest BCUT2D eigenvalue weighted by molar-refractivity contribution is -0.137. The first-order valence-corrected chi connectivity index (χ1v) is 14.4. The monoisotopic (exact) mass is 629 g/mol. The molecule has 1 aliphatic heterocycles. The molecule has 1 aliphatic rings. The lowest BCUT2D eigenvalue weighted by Gasteiger charge is -2.35. The minimum atomic E-state index is -4.66. The summed E-state index contributed by atoms with van der Waals surface area (Å²) < 4.78 is 51.9. The number of carbonyl (C=O) groups excluding carboxylic acids is 2. The van der Waals surface area contributed by atoms with Crippen LogP contribution >= 0.6 is 0 Å². The molecule has 2 heterocycles. The number of rotatable bonds is 7. The van der Waals surface area contributed by atoms with Gasteiger partial charge in [-0.2, -0.15) is 13.2 Å². The van der Waals surface area contributed by atoms with Crippen LogP contribution in [0, 0.1) is 11.8 Å². The normalized spacial score (nSPS) is 13.0. The first-order valence-electron chi connectivity index (χ1n) is 14.4. The Morgan fingerprint density at radius 3 is 2.26 bits per heavy atom. The molecule has 4 aromatic rings. The zero-order valence-corrected chi connectivity index (χ0v) is 25.1. The summed E-state index contributed by atoms with van der Waals surface area (Å²) in [7, 11) is 1.55. The number of piperazine rings is 1. The zero-order chi connectivity index (χ0) is 32.7. The summed E-state index contributed by atoms with van der Waals surface area (Å²) in [4.78, 5) is 29.3. The van der Waals surface area contributed by atoms with Crippen LogP contribution in [0.2, 0.25) is 0 Å². The van der Waals surface area contributed by atoms with Gasteiger partial charge >= 0.3 is 6.18 Å². The van der Waals surface area contributed by atoms with Crippen LogP contribution in [0.3, 0.4) is 0 Å². The Hall–Kier alpha value is -5.57. The number of ether oxygens (including phenoxy) is 2. The Morgan fingerprint density at radius 1 is 0.870 bits per heavy atom. The van der Waals surface area contributed by atoms with Crippen LogP contribution in [0.4, 0.5) is 24.7 Å². The number of carbonyl (C=O) groups is 2. The average molecular weight is 630 g/mol. The van der Waals surface area contributed by atoms with Crippen molar-refractivity contribution >= 4 is 23.3 Å². The third-order valence-corrected chi connectivity index (χ3v) is 7.13. The molecule has 2 amide bonds. The number of nitrogens with zero attached hydrogens (tertiary/aromatic N) is 4. The molecule has 46 heavy (non-hydrogen) atoms. The Bertz CT molecular complexity index is 1760. The molecule has 0 atom stereocenters. The second-order valence-electron chi connectivity index (χ2n) is 10.2. The molecule has 0 radical (unpaired) electrons. The fourth-order valence-corrected chi connectivity index (χ4v) is 4.77. The van der Waals surface area contributed by atoms with Gasteiger partial charge < -0.3 is 24.6 Å². The van der Waals surface area contributed by atoms with Crippen LogP contribution in [0.15, 0.2) is 78.9 Å². The molecule has 0 aliphatic carbocycles. The highest BCUT2D eigenvalue weighted by atomic mass is 19.4. The van der Waals surface area contributed by atoms with Crippen molar-refractivity contribution < 1.29 is 32.2 Å². The van der Waals surface area contributed by atoms with Crippen molar-refractivity contribution in [2.75, 3.05) is 50.1 Å². The maximum Gasteiger partial charge on any atom is 0.416 e. The van der Waals surface area contributed by atoms with Gasteiger partial charge in [0, 0.05) is 48.6 Å². The van der Waals surface area contributed by atoms with Gasteiger partial charge in [0.05, 0.1) is 19.3 Å². The molecule has 1 saturated heterocycles. The van der Waals surface area contributed by atoms with E-state index in [-0.39, 0.29) is 29.9 Å². The van der Waals surface area contributed by atoms with Crippen LogP contribution in [0.5, 0.6) is 11.5 Å². The van der Waals surface area contributed by atoms with E-state index in [4.69, 9.17) is 9.47 Å². The van der Waals surface area contributed by atoms with Crippen molar-refractivity contribution in [1.82, 2.24) is 15.1 Å². The molecule has 0 unspecified atom stereocenters. The van der Waals surface area contributed by atoms with E-state index in [9.17, 15) is 22.8 Å². The number of halogens is 3. The molecule has 0 bridgehead atoms. The maximum atomic E-state index is 13.8. The van der Waals surface area contributed by atoms with Gasteiger partial charge in [-0.1, -0.05) is 17.9 Å². The van der Waals surface area contributed by atoms with Crippen LogP contribution in [0.25, 0.3) is 0 Å². The van der Waals surface area contributed by atoms with E-state index in [1.165, 1.54) is 11.0 Å². The Kier molecular flexibility index (Phi) is 9.71. The van der Waals surface area contributed by atoms with Crippen LogP contribution in [0.1, 0.15) is 44.5 Å². The molecule has 1 N–H and O–H groups in total. The molecule has 5 rings (SSSR count). The summed E-state index contributed by atoms with van der Waals surface area (Å²) in [5, 5.41) is 11.0. The zero-order valence-electron chi connectivity index (χ0n) is 25.1. The second kappa shape index (κ2) is 14.0. The van der Waals surface area contributed by atoms with Crippen molar-refractivity contribution in [2.24, 2.45) is 0 Å². The largest absolute Gasteiger partial charge is 0.497 e. The predicted octanol–water partition coefficient (Wildman–Crippen LogP) is 5.52. The molecule has 236 valence electrons. The van der Waals surface area contributed by atoms with E-state index in [0.717, 1.165) is 12.1 Å². The quantitative estimate of drug-likeness (QED) is 0.269. The highest BCUT2D eigenvalue weighted by Crippen LogP contribution is 2.31. The summed E-state index contributed by atoms with van der Waals surface area (Å²) >= 11 is 0. The number of anilines is 2. The molecule has 3 aromatic carbocycles. The first kappa shape index (κ1) is 31.8. The molecular weight excluding hydrogens is 599 g/mol. The van der Waals surface area contributed by atoms with Gasteiger partial charge in [0.15, 0.2) is 11.5 Å². The number of hydrogen-bond acceptors (Lipinski definition) is 7. The smallest absolute Gasteiger partial charge is 0.416 e. The van der Waals surface area contributed by atoms with E-state index in [0.29, 0.717) is 48.3 Å². The Balaban J connectivity index is 1.24. The van der Waals surface area contributed by atoms with Gasteiger partial charge in [0.25, 0.3) is 11.8 Å². The van der Waals surface area contributed by atoms with Crippen LogP contribution in [-0.2, 0) is 6.18 Å². The number of alkyl halides is 3. The van der Waals surface area contributed by atoms with E-state index in [1.54, 1.807) is 67.8 Å². The van der Waals surface area contributed by atoms with Gasteiger partial charge in [-0.05, 0) is 79.7 Å². The minimum Gasteiger partial charge on any atom is -0.497 e. The van der Waals surface area contributed by atoms with Crippen molar-refractivity contribution in [3.63, 3.8) is 0 Å². The van der Waals surface area contributed by atoms with Gasteiger partial charge in [-0.3, -0.25) is 9.59 Å². The number of hydrogen-bond donors (Lipinski definition) is 1. The van der Waals surface area contributed by atoms with Crippen molar-refractivity contribution in [3.05, 3.63) is 107 Å². The van der Waals surface area contributed by atoms with Gasteiger partial charge in [0.1, 0.15) is 11.5 Å². The standard InChI is InChI=1S/C34H30F3N5O4/c1-3-46-29-6-4-5-23(21-29)7-8-24-19-25(22-26(20-24)34(35,36)37)33(44)42-17-15-41(16-18-42)31-14-13-30(39-40-31)32(43)38-27-9-11-28(45-2)12-10-27/h4-6,9-14,19-22H,3,15-18H2,1-2H3,(H,38,43). The summed E-state index contributed by atoms with van der Waals surface area (Å²) in [6, 6.07) is 20.2. The molecule has 9 nitrogen and oxygen atoms in total. The van der Waals surface area contributed by atoms with Crippen molar-refractivity contribution in [1.29, 1.82) is 0 Å². The maximum absolute atomic E-state index is 13.8. The van der Waals surface area contributed by atoms with E-state index in [2.05, 4.69) is 27.4 Å². The summed E-state index contributed by atoms with van der Waals surface area (Å²) in [6.45, 7) is 3.57. The second-order valence-corrected chi connectivity index (χ2v) is 10.2. The van der Waals surface area contributed by atoms with Crippen molar-refractivity contribution in [3.8, 4) is 23.3 Å². The summed E-state index contributed by atoms with van der Waals surface area (Å²) in [5.41, 5.74) is 0.299. The fourth-order valence-electron chi connectivity index (χ4n) is 4.77. The number of amides is 2. The molecular formula is C34H30F3N5O4. The molecule has 0 spiro atoms. The predicted molar refractivity (Wildman–Crippen MR) is 166 cm³/mol. The molecule has 0 saturated carbocycles. The third kappa shape index (κ3) is 7.92.